The highest BCUT2D eigenvalue weighted by Gasteiger charge is 2.38. The number of hydrogen-bond acceptors (Lipinski definition) is 7. The van der Waals surface area contributed by atoms with Crippen LogP contribution >= 0.6 is 24.0 Å². The van der Waals surface area contributed by atoms with Gasteiger partial charge in [0.05, 0.1) is 26.9 Å². The van der Waals surface area contributed by atoms with Gasteiger partial charge in [0.1, 0.15) is 11.4 Å². The molecule has 1 amide bonds. The third-order valence-corrected chi connectivity index (χ3v) is 11.8. The number of sulfonamides is 1. The first kappa shape index (κ1) is 32.0. The lowest BCUT2D eigenvalue weighted by molar-refractivity contribution is -0.113. The van der Waals surface area contributed by atoms with Gasteiger partial charge in [-0.3, -0.25) is 19.2 Å². The number of amides is 1. The van der Waals surface area contributed by atoms with Crippen molar-refractivity contribution >= 4 is 56.0 Å². The van der Waals surface area contributed by atoms with Gasteiger partial charge in [0.15, 0.2) is 4.32 Å². The molecule has 0 aliphatic carbocycles. The van der Waals surface area contributed by atoms with Gasteiger partial charge >= 0.3 is 0 Å². The molecule has 0 radical (unpaired) electrons. The van der Waals surface area contributed by atoms with Crippen LogP contribution in [-0.4, -0.2) is 55.2 Å². The van der Waals surface area contributed by atoms with Crippen LogP contribution in [0.2, 0.25) is 0 Å². The molecule has 7 rings (SSSR count). The molecular weight excluding hydrogens is 665 g/mol. The number of carbonyl (C=O) groups is 1. The van der Waals surface area contributed by atoms with E-state index in [-0.39, 0.29) is 20.5 Å². The van der Waals surface area contributed by atoms with Crippen molar-refractivity contribution in [3.05, 3.63) is 118 Å². The van der Waals surface area contributed by atoms with Crippen molar-refractivity contribution < 1.29 is 13.2 Å². The molecule has 2 fully saturated rings. The average molecular weight is 697 g/mol. The summed E-state index contributed by atoms with van der Waals surface area (Å²) in [6.45, 7) is 2.78. The van der Waals surface area contributed by atoms with Gasteiger partial charge in [-0.15, -0.1) is 0 Å². The number of para-hydroxylation sites is 2. The summed E-state index contributed by atoms with van der Waals surface area (Å²) >= 11 is 6.79. The Balaban J connectivity index is 1.30. The van der Waals surface area contributed by atoms with E-state index in [1.165, 1.54) is 9.58 Å². The van der Waals surface area contributed by atoms with Crippen molar-refractivity contribution in [2.45, 2.75) is 31.1 Å². The molecule has 48 heavy (non-hydrogen) atoms. The van der Waals surface area contributed by atoms with Crippen LogP contribution in [0.25, 0.3) is 28.7 Å². The smallest absolute Gasteiger partial charge is 0.283 e. The van der Waals surface area contributed by atoms with Gasteiger partial charge in [0.2, 0.25) is 10.0 Å². The number of carbonyl (C=O) groups excluding carboxylic acids is 1. The molecule has 0 bridgehead atoms. The Bertz CT molecular complexity index is 2250. The third-order valence-electron chi connectivity index (χ3n) is 8.65. The molecule has 0 spiro atoms. The summed E-state index contributed by atoms with van der Waals surface area (Å²) in [6, 6.07) is 25.5. The number of rotatable bonds is 7. The van der Waals surface area contributed by atoms with Gasteiger partial charge in [-0.05, 0) is 62.2 Å². The van der Waals surface area contributed by atoms with Gasteiger partial charge in [0, 0.05) is 37.5 Å². The number of thiocarbonyl (C=S) groups is 1. The average Bonchev–Trinajstić information content (AvgIpc) is 3.72. The van der Waals surface area contributed by atoms with Crippen molar-refractivity contribution in [3.8, 4) is 22.6 Å². The van der Waals surface area contributed by atoms with Gasteiger partial charge in [0.25, 0.3) is 11.5 Å². The van der Waals surface area contributed by atoms with Crippen molar-refractivity contribution in [2.75, 3.05) is 18.0 Å². The molecule has 244 valence electrons. The van der Waals surface area contributed by atoms with Crippen LogP contribution in [-0.2, 0) is 21.9 Å². The van der Waals surface area contributed by atoms with Gasteiger partial charge < -0.3 is 0 Å². The van der Waals surface area contributed by atoms with Crippen molar-refractivity contribution in [1.82, 2.24) is 23.4 Å². The highest BCUT2D eigenvalue weighted by atomic mass is 32.2. The van der Waals surface area contributed by atoms with Gasteiger partial charge in [-0.25, -0.2) is 17.8 Å². The number of thioether (sulfide) groups is 1. The van der Waals surface area contributed by atoms with Crippen LogP contribution in [0.15, 0.2) is 106 Å². The van der Waals surface area contributed by atoms with Crippen LogP contribution in [0.3, 0.4) is 0 Å². The molecule has 0 unspecified atom stereocenters. The molecule has 10 nitrogen and oxygen atoms in total. The van der Waals surface area contributed by atoms with E-state index < -0.39 is 15.9 Å². The molecular formula is C35H32N6O4S3. The van der Waals surface area contributed by atoms with E-state index in [0.717, 1.165) is 36.7 Å². The predicted octanol–water partition coefficient (Wildman–Crippen LogP) is 5.92. The molecule has 4 heterocycles. The third kappa shape index (κ3) is 5.66. The Morgan fingerprint density at radius 2 is 1.54 bits per heavy atom. The van der Waals surface area contributed by atoms with Crippen molar-refractivity contribution in [3.63, 3.8) is 0 Å². The summed E-state index contributed by atoms with van der Waals surface area (Å²) in [5.41, 5.74) is 3.58. The monoisotopic (exact) mass is 696 g/mol. The first-order chi connectivity index (χ1) is 23.1. The van der Waals surface area contributed by atoms with E-state index in [1.807, 2.05) is 66.7 Å². The van der Waals surface area contributed by atoms with E-state index in [1.54, 1.807) is 58.1 Å². The minimum atomic E-state index is -3.69. The predicted molar refractivity (Wildman–Crippen MR) is 193 cm³/mol. The summed E-state index contributed by atoms with van der Waals surface area (Å²) < 4.78 is 33.9. The zero-order valence-corrected chi connectivity index (χ0v) is 28.8. The highest BCUT2D eigenvalue weighted by Crippen LogP contribution is 2.38. The lowest BCUT2D eigenvalue weighted by Gasteiger charge is -2.26. The lowest BCUT2D eigenvalue weighted by atomic mass is 10.1. The Morgan fingerprint density at radius 1 is 0.875 bits per heavy atom. The fourth-order valence-corrected chi connectivity index (χ4v) is 8.93. The van der Waals surface area contributed by atoms with E-state index in [2.05, 4.69) is 0 Å². The summed E-state index contributed by atoms with van der Waals surface area (Å²) in [5.74, 6) is -0.421. The maximum Gasteiger partial charge on any atom is 0.296 e. The number of piperidine rings is 1. The highest BCUT2D eigenvalue weighted by molar-refractivity contribution is 8.27. The molecule has 0 saturated carbocycles. The molecule has 13 heteroatoms. The van der Waals surface area contributed by atoms with Crippen molar-refractivity contribution in [2.24, 2.45) is 7.05 Å². The second kappa shape index (κ2) is 12.8. The summed E-state index contributed by atoms with van der Waals surface area (Å²) in [5, 5.41) is 4.87. The fourth-order valence-electron chi connectivity index (χ4n) is 6.10. The molecule has 2 aliphatic rings. The minimum absolute atomic E-state index is 0.197. The van der Waals surface area contributed by atoms with E-state index in [0.29, 0.717) is 46.2 Å². The van der Waals surface area contributed by atoms with Crippen LogP contribution in [0, 0.1) is 6.92 Å². The molecule has 5 aromatic rings. The molecule has 0 N–H and O–H groups in total. The number of aromatic nitrogens is 4. The Labute approximate surface area is 287 Å². The Hall–Kier alpha value is -4.56. The zero-order valence-electron chi connectivity index (χ0n) is 26.3. The second-order valence-corrected chi connectivity index (χ2v) is 15.2. The molecule has 2 saturated heterocycles. The maximum atomic E-state index is 14.0. The van der Waals surface area contributed by atoms with E-state index in [4.69, 9.17) is 17.3 Å². The fraction of sp³-hybridized carbons (Fsp3) is 0.200. The largest absolute Gasteiger partial charge is 0.296 e. The molecule has 2 aromatic heterocycles. The van der Waals surface area contributed by atoms with Crippen LogP contribution < -0.4 is 10.5 Å². The zero-order chi connectivity index (χ0) is 33.6. The van der Waals surface area contributed by atoms with E-state index in [9.17, 15) is 18.0 Å². The first-order valence-electron chi connectivity index (χ1n) is 15.5. The summed E-state index contributed by atoms with van der Waals surface area (Å²) in [7, 11) is -1.92. The topological polar surface area (TPSA) is 102 Å². The first-order valence-corrected chi connectivity index (χ1v) is 18.2. The quantitative estimate of drug-likeness (QED) is 0.154. The van der Waals surface area contributed by atoms with Gasteiger partial charge in [-0.2, -0.15) is 9.40 Å². The summed E-state index contributed by atoms with van der Waals surface area (Å²) in [6.07, 6.45) is 6.21. The van der Waals surface area contributed by atoms with Crippen molar-refractivity contribution in [1.29, 1.82) is 0 Å². The molecule has 0 atom stereocenters. The molecule has 3 aromatic carbocycles. The normalized spacial score (nSPS) is 16.7. The standard InChI is InChI=1S/C35H32N6O4S3/c1-24-32(34(43)41(37(24)2)28-16-8-4-9-17-28)40-33(42)30(47-35(40)46)22-26-23-39(27-14-6-3-7-15-27)36-31(26)25-13-12-18-29(21-25)48(44,45)38-19-10-5-11-20-38/h3-4,6-9,12-18,21-23H,5,10-11,19-20H2,1-2H3/b30-22-. The SMILES string of the molecule is Cc1c(N2C(=O)/C(=C/c3cn(-c4ccccc4)nc3-c3cccc(S(=O)(=O)N4CCCCC4)c3)SC2=S)c(=O)n(-c2ccccc2)n1C. The number of hydrogen-bond donors (Lipinski definition) is 0. The Kier molecular flexibility index (Phi) is 8.54. The second-order valence-electron chi connectivity index (χ2n) is 11.6. The minimum Gasteiger partial charge on any atom is -0.283 e. The van der Waals surface area contributed by atoms with Gasteiger partial charge in [-0.1, -0.05) is 78.9 Å². The maximum absolute atomic E-state index is 14.0. The van der Waals surface area contributed by atoms with E-state index >= 15 is 0 Å². The van der Waals surface area contributed by atoms with Crippen LogP contribution in [0.1, 0.15) is 30.5 Å². The number of anilines is 1. The summed E-state index contributed by atoms with van der Waals surface area (Å²) in [4.78, 5) is 29.6. The number of nitrogens with zero attached hydrogens (tertiary/aromatic N) is 6. The van der Waals surface area contributed by atoms with Crippen LogP contribution in [0.5, 0.6) is 0 Å². The number of benzene rings is 3. The lowest BCUT2D eigenvalue weighted by Crippen LogP contribution is -2.35. The Morgan fingerprint density at radius 3 is 2.23 bits per heavy atom. The van der Waals surface area contributed by atoms with Crippen LogP contribution in [0.4, 0.5) is 5.69 Å². The molecule has 2 aliphatic heterocycles.